The highest BCUT2D eigenvalue weighted by Gasteiger charge is 2.40. The molecule has 1 aliphatic carbocycles. The summed E-state index contributed by atoms with van der Waals surface area (Å²) in [6.45, 7) is 6.51. The van der Waals surface area contributed by atoms with Crippen LogP contribution < -0.4 is 5.32 Å². The summed E-state index contributed by atoms with van der Waals surface area (Å²) in [7, 11) is 0. The standard InChI is InChI=1S/C16H25NO2/c1-4-5-13-14(9-15(18)17-16(13)19)12-7-10(2)6-11(3)8-12/h6,10,12-14H,4-5,7-9H2,1-3H3,(H,17,18,19). The number of hydrogen-bond donors (Lipinski definition) is 1. The molecule has 4 unspecified atom stereocenters. The number of amides is 2. The van der Waals surface area contributed by atoms with Crippen molar-refractivity contribution in [1.82, 2.24) is 5.32 Å². The lowest BCUT2D eigenvalue weighted by molar-refractivity contribution is -0.140. The Hall–Kier alpha value is -1.12. The minimum absolute atomic E-state index is 0.0331. The molecule has 106 valence electrons. The first-order chi connectivity index (χ1) is 9.01. The predicted octanol–water partition coefficient (Wildman–Crippen LogP) is 3.06. The average molecular weight is 263 g/mol. The summed E-state index contributed by atoms with van der Waals surface area (Å²) in [5.74, 6) is 1.22. The number of rotatable bonds is 3. The molecule has 0 bridgehead atoms. The summed E-state index contributed by atoms with van der Waals surface area (Å²) in [4.78, 5) is 23.8. The summed E-state index contributed by atoms with van der Waals surface area (Å²) < 4.78 is 0. The van der Waals surface area contributed by atoms with Gasteiger partial charge in [0.15, 0.2) is 0 Å². The number of allylic oxidation sites excluding steroid dienone is 2. The van der Waals surface area contributed by atoms with E-state index in [1.165, 1.54) is 5.57 Å². The number of carbonyl (C=O) groups excluding carboxylic acids is 2. The van der Waals surface area contributed by atoms with Crippen LogP contribution in [-0.4, -0.2) is 11.8 Å². The van der Waals surface area contributed by atoms with Crippen molar-refractivity contribution in [3.05, 3.63) is 11.6 Å². The van der Waals surface area contributed by atoms with Crippen molar-refractivity contribution < 1.29 is 9.59 Å². The summed E-state index contributed by atoms with van der Waals surface area (Å²) >= 11 is 0. The lowest BCUT2D eigenvalue weighted by Crippen LogP contribution is -2.48. The Morgan fingerprint density at radius 1 is 1.32 bits per heavy atom. The lowest BCUT2D eigenvalue weighted by atomic mass is 9.68. The van der Waals surface area contributed by atoms with Crippen LogP contribution in [0.5, 0.6) is 0 Å². The Labute approximate surface area is 115 Å². The molecule has 0 aromatic heterocycles. The van der Waals surface area contributed by atoms with Crippen LogP contribution in [0.3, 0.4) is 0 Å². The molecule has 1 aliphatic heterocycles. The normalized spacial score (nSPS) is 35.8. The van der Waals surface area contributed by atoms with Gasteiger partial charge in [-0.05, 0) is 43.9 Å². The molecule has 2 aliphatic rings. The highest BCUT2D eigenvalue weighted by atomic mass is 16.2. The minimum atomic E-state index is -0.0813. The Morgan fingerprint density at radius 2 is 2.05 bits per heavy atom. The third-order valence-corrected chi connectivity index (χ3v) is 4.57. The van der Waals surface area contributed by atoms with Crippen LogP contribution in [0.2, 0.25) is 0 Å². The number of imide groups is 1. The third-order valence-electron chi connectivity index (χ3n) is 4.57. The van der Waals surface area contributed by atoms with E-state index in [4.69, 9.17) is 0 Å². The van der Waals surface area contributed by atoms with E-state index in [0.717, 1.165) is 25.7 Å². The highest BCUT2D eigenvalue weighted by Crippen LogP contribution is 2.40. The number of carbonyl (C=O) groups is 2. The largest absolute Gasteiger partial charge is 0.296 e. The van der Waals surface area contributed by atoms with Gasteiger partial charge < -0.3 is 0 Å². The SMILES string of the molecule is CCCC1C(=O)NC(=O)CC1C1CC(C)=CC(C)C1. The summed E-state index contributed by atoms with van der Waals surface area (Å²) in [5.41, 5.74) is 1.41. The van der Waals surface area contributed by atoms with Gasteiger partial charge in [-0.25, -0.2) is 0 Å². The fraction of sp³-hybridized carbons (Fsp3) is 0.750. The van der Waals surface area contributed by atoms with E-state index in [0.29, 0.717) is 18.3 Å². The predicted molar refractivity (Wildman–Crippen MR) is 75.3 cm³/mol. The maximum atomic E-state index is 12.1. The van der Waals surface area contributed by atoms with E-state index in [1.807, 2.05) is 0 Å². The van der Waals surface area contributed by atoms with Gasteiger partial charge in [-0.1, -0.05) is 31.9 Å². The zero-order chi connectivity index (χ0) is 14.0. The topological polar surface area (TPSA) is 46.2 Å². The molecule has 0 aromatic carbocycles. The molecule has 19 heavy (non-hydrogen) atoms. The molecular formula is C16H25NO2. The molecule has 0 aromatic rings. The Kier molecular flexibility index (Phi) is 4.43. The van der Waals surface area contributed by atoms with Crippen molar-refractivity contribution in [3.63, 3.8) is 0 Å². The van der Waals surface area contributed by atoms with E-state index < -0.39 is 0 Å². The highest BCUT2D eigenvalue weighted by molar-refractivity contribution is 5.99. The first-order valence-corrected chi connectivity index (χ1v) is 7.52. The number of nitrogens with one attached hydrogen (secondary N) is 1. The molecule has 0 saturated carbocycles. The van der Waals surface area contributed by atoms with E-state index in [1.54, 1.807) is 0 Å². The number of piperidine rings is 1. The van der Waals surface area contributed by atoms with Crippen molar-refractivity contribution in [2.24, 2.45) is 23.7 Å². The monoisotopic (exact) mass is 263 g/mol. The van der Waals surface area contributed by atoms with Crippen molar-refractivity contribution in [1.29, 1.82) is 0 Å². The fourth-order valence-corrected chi connectivity index (χ4v) is 3.91. The summed E-state index contributed by atoms with van der Waals surface area (Å²) in [5, 5.41) is 2.51. The van der Waals surface area contributed by atoms with Gasteiger partial charge in [0.05, 0.1) is 0 Å². The Morgan fingerprint density at radius 3 is 2.68 bits per heavy atom. The molecule has 1 N–H and O–H groups in total. The lowest BCUT2D eigenvalue weighted by Gasteiger charge is -2.38. The van der Waals surface area contributed by atoms with Gasteiger partial charge in [-0.2, -0.15) is 0 Å². The van der Waals surface area contributed by atoms with Gasteiger partial charge in [-0.15, -0.1) is 0 Å². The van der Waals surface area contributed by atoms with Gasteiger partial charge in [-0.3, -0.25) is 14.9 Å². The van der Waals surface area contributed by atoms with Gasteiger partial charge in [0.25, 0.3) is 0 Å². The van der Waals surface area contributed by atoms with Crippen molar-refractivity contribution in [2.45, 2.75) is 52.9 Å². The van der Waals surface area contributed by atoms with Crippen LogP contribution in [0.1, 0.15) is 52.9 Å². The second kappa shape index (κ2) is 5.89. The molecule has 2 amide bonds. The van der Waals surface area contributed by atoms with Gasteiger partial charge in [0.2, 0.25) is 11.8 Å². The van der Waals surface area contributed by atoms with Crippen molar-refractivity contribution in [3.8, 4) is 0 Å². The van der Waals surface area contributed by atoms with E-state index in [2.05, 4.69) is 32.2 Å². The molecular weight excluding hydrogens is 238 g/mol. The van der Waals surface area contributed by atoms with Gasteiger partial charge >= 0.3 is 0 Å². The zero-order valence-electron chi connectivity index (χ0n) is 12.2. The third kappa shape index (κ3) is 3.26. The van der Waals surface area contributed by atoms with E-state index >= 15 is 0 Å². The second-order valence-electron chi connectivity index (χ2n) is 6.37. The quantitative estimate of drug-likeness (QED) is 0.628. The van der Waals surface area contributed by atoms with Crippen LogP contribution >= 0.6 is 0 Å². The molecule has 0 radical (unpaired) electrons. The molecule has 3 heteroatoms. The maximum absolute atomic E-state index is 12.1. The van der Waals surface area contributed by atoms with Gasteiger partial charge in [0.1, 0.15) is 0 Å². The molecule has 4 atom stereocenters. The molecule has 2 rings (SSSR count). The van der Waals surface area contributed by atoms with Crippen LogP contribution in [0.4, 0.5) is 0 Å². The fourth-order valence-electron chi connectivity index (χ4n) is 3.91. The zero-order valence-corrected chi connectivity index (χ0v) is 12.2. The Bertz CT molecular complexity index is 400. The summed E-state index contributed by atoms with van der Waals surface area (Å²) in [6.07, 6.45) is 6.92. The molecule has 1 fully saturated rings. The van der Waals surface area contributed by atoms with E-state index in [9.17, 15) is 9.59 Å². The molecule has 1 saturated heterocycles. The van der Waals surface area contributed by atoms with Crippen LogP contribution in [0, 0.1) is 23.7 Å². The molecule has 0 spiro atoms. The van der Waals surface area contributed by atoms with E-state index in [-0.39, 0.29) is 23.7 Å². The molecule has 3 nitrogen and oxygen atoms in total. The van der Waals surface area contributed by atoms with Crippen LogP contribution in [0.15, 0.2) is 11.6 Å². The summed E-state index contributed by atoms with van der Waals surface area (Å²) in [6, 6.07) is 0. The smallest absolute Gasteiger partial charge is 0.229 e. The second-order valence-corrected chi connectivity index (χ2v) is 6.37. The first kappa shape index (κ1) is 14.3. The van der Waals surface area contributed by atoms with Gasteiger partial charge in [0, 0.05) is 12.3 Å². The Balaban J connectivity index is 2.16. The molecule has 1 heterocycles. The van der Waals surface area contributed by atoms with Crippen molar-refractivity contribution in [2.75, 3.05) is 0 Å². The number of hydrogen-bond acceptors (Lipinski definition) is 2. The van der Waals surface area contributed by atoms with Crippen LogP contribution in [0.25, 0.3) is 0 Å². The first-order valence-electron chi connectivity index (χ1n) is 7.52. The maximum Gasteiger partial charge on any atom is 0.229 e. The average Bonchev–Trinajstić information content (AvgIpc) is 2.31. The van der Waals surface area contributed by atoms with Crippen molar-refractivity contribution >= 4 is 11.8 Å². The minimum Gasteiger partial charge on any atom is -0.296 e. The van der Waals surface area contributed by atoms with Crippen LogP contribution in [-0.2, 0) is 9.59 Å².